The molecule has 0 aromatic carbocycles. The van der Waals surface area contributed by atoms with E-state index in [9.17, 15) is 14.5 Å². The van der Waals surface area contributed by atoms with Crippen LogP contribution in [0.15, 0.2) is 24.8 Å². The maximum Gasteiger partial charge on any atom is 0.290 e. The van der Waals surface area contributed by atoms with Crippen molar-refractivity contribution in [2.24, 2.45) is 0 Å². The monoisotopic (exact) mass is 421 g/mol. The van der Waals surface area contributed by atoms with E-state index in [0.717, 1.165) is 30.9 Å². The van der Waals surface area contributed by atoms with Crippen molar-refractivity contribution in [3.63, 3.8) is 0 Å². The normalized spacial score (nSPS) is 20.9. The fraction of sp³-hybridized carbons (Fsp3) is 0.579. The van der Waals surface area contributed by atoms with Crippen molar-refractivity contribution in [3.05, 3.63) is 46.4 Å². The Labute approximate surface area is 171 Å². The van der Waals surface area contributed by atoms with Gasteiger partial charge in [0.15, 0.2) is 20.0 Å². The molecule has 0 aliphatic carbocycles. The minimum Gasteiger partial charge on any atom is -0.412 e. The molecule has 2 unspecified atom stereocenters. The molecule has 0 bridgehead atoms. The molecule has 1 saturated heterocycles. The summed E-state index contributed by atoms with van der Waals surface area (Å²) >= 11 is 0. The van der Waals surface area contributed by atoms with E-state index in [1.54, 1.807) is 6.20 Å². The van der Waals surface area contributed by atoms with Gasteiger partial charge in [-0.15, -0.1) is 0 Å². The summed E-state index contributed by atoms with van der Waals surface area (Å²) in [6.07, 6.45) is 5.18. The van der Waals surface area contributed by atoms with Crippen LogP contribution >= 0.6 is 0 Å². The molecular formula is C19H28FN5O3Si. The van der Waals surface area contributed by atoms with Gasteiger partial charge < -0.3 is 4.43 Å². The van der Waals surface area contributed by atoms with Crippen LogP contribution < -0.4 is 0 Å². The highest BCUT2D eigenvalue weighted by molar-refractivity contribution is 6.74. The molecule has 0 N–H and O–H groups in total. The maximum atomic E-state index is 14.3. The van der Waals surface area contributed by atoms with Crippen LogP contribution in [-0.4, -0.2) is 52.4 Å². The van der Waals surface area contributed by atoms with Gasteiger partial charge in [0, 0.05) is 12.7 Å². The molecule has 0 spiro atoms. The van der Waals surface area contributed by atoms with Gasteiger partial charge in [-0.25, -0.2) is 14.4 Å². The van der Waals surface area contributed by atoms with Crippen LogP contribution in [0.1, 0.15) is 38.9 Å². The first-order valence-electron chi connectivity index (χ1n) is 9.63. The molecule has 8 nitrogen and oxygen atoms in total. The number of nitrogens with zero attached hydrogens (tertiary/aromatic N) is 5. The van der Waals surface area contributed by atoms with Gasteiger partial charge in [0.05, 0.1) is 28.8 Å². The lowest BCUT2D eigenvalue weighted by molar-refractivity contribution is -0.385. The van der Waals surface area contributed by atoms with E-state index < -0.39 is 19.1 Å². The first-order chi connectivity index (χ1) is 13.4. The van der Waals surface area contributed by atoms with Gasteiger partial charge in [-0.2, -0.15) is 0 Å². The Balaban J connectivity index is 1.87. The zero-order valence-corrected chi connectivity index (χ0v) is 18.7. The van der Waals surface area contributed by atoms with E-state index >= 15 is 0 Å². The Morgan fingerprint density at radius 1 is 1.34 bits per heavy atom. The number of likely N-dealkylation sites (N-methyl/N-ethyl adjacent to an activating group) is 1. The lowest BCUT2D eigenvalue weighted by Crippen LogP contribution is -2.45. The van der Waals surface area contributed by atoms with Gasteiger partial charge in [0.1, 0.15) is 12.5 Å². The topological polar surface area (TPSA) is 86.3 Å². The standard InChI is InChI=1S/C19H28FN5O3Si/c1-19(2,3)29(5,6)28-16-7-8-23(4)17(16)15-11-24(12-22-15)18-14(20)9-13(10-21-18)25(26)27/h9-12,16-17H,7-8H2,1-6H3. The Morgan fingerprint density at radius 3 is 2.62 bits per heavy atom. The molecule has 2 aromatic rings. The van der Waals surface area contributed by atoms with Gasteiger partial charge in [-0.1, -0.05) is 20.8 Å². The van der Waals surface area contributed by atoms with E-state index in [2.05, 4.69) is 48.7 Å². The summed E-state index contributed by atoms with van der Waals surface area (Å²) < 4.78 is 22.5. The second kappa shape index (κ2) is 7.58. The highest BCUT2D eigenvalue weighted by Gasteiger charge is 2.44. The van der Waals surface area contributed by atoms with Crippen molar-refractivity contribution >= 4 is 14.0 Å². The van der Waals surface area contributed by atoms with Crippen LogP contribution in [0.2, 0.25) is 18.1 Å². The van der Waals surface area contributed by atoms with Crippen LogP contribution in [0.25, 0.3) is 5.82 Å². The quantitative estimate of drug-likeness (QED) is 0.411. The molecule has 1 aliphatic rings. The van der Waals surface area contributed by atoms with E-state index in [1.807, 2.05) is 7.05 Å². The smallest absolute Gasteiger partial charge is 0.290 e. The van der Waals surface area contributed by atoms with Crippen molar-refractivity contribution in [1.82, 2.24) is 19.4 Å². The van der Waals surface area contributed by atoms with Crippen molar-refractivity contribution < 1.29 is 13.7 Å². The van der Waals surface area contributed by atoms with Crippen molar-refractivity contribution in [2.45, 2.75) is 57.5 Å². The molecule has 3 heterocycles. The van der Waals surface area contributed by atoms with Gasteiger partial charge in [-0.3, -0.25) is 19.6 Å². The Morgan fingerprint density at radius 2 is 2.03 bits per heavy atom. The molecule has 0 radical (unpaired) electrons. The number of halogens is 1. The molecule has 1 fully saturated rings. The Bertz CT molecular complexity index is 911. The molecule has 0 amide bonds. The zero-order chi connectivity index (χ0) is 21.6. The third-order valence-electron chi connectivity index (χ3n) is 6.01. The van der Waals surface area contributed by atoms with Crippen LogP contribution in [0.4, 0.5) is 10.1 Å². The van der Waals surface area contributed by atoms with Crippen LogP contribution in [0.3, 0.4) is 0 Å². The van der Waals surface area contributed by atoms with Crippen LogP contribution in [0.5, 0.6) is 0 Å². The summed E-state index contributed by atoms with van der Waals surface area (Å²) in [6.45, 7) is 12.0. The average molecular weight is 422 g/mol. The number of rotatable bonds is 5. The lowest BCUT2D eigenvalue weighted by atomic mass is 10.1. The van der Waals surface area contributed by atoms with Crippen LogP contribution in [0, 0.1) is 15.9 Å². The molecule has 158 valence electrons. The Kier molecular flexibility index (Phi) is 5.63. The van der Waals surface area contributed by atoms with Crippen LogP contribution in [-0.2, 0) is 4.43 Å². The molecule has 10 heteroatoms. The second-order valence-corrected chi connectivity index (χ2v) is 13.8. The van der Waals surface area contributed by atoms with E-state index in [0.29, 0.717) is 0 Å². The summed E-state index contributed by atoms with van der Waals surface area (Å²) in [5.74, 6) is -0.783. The van der Waals surface area contributed by atoms with Crippen molar-refractivity contribution in [1.29, 1.82) is 0 Å². The van der Waals surface area contributed by atoms with E-state index in [-0.39, 0.29) is 28.7 Å². The van der Waals surface area contributed by atoms with Gasteiger partial charge in [0.25, 0.3) is 5.69 Å². The third kappa shape index (κ3) is 4.24. The molecule has 29 heavy (non-hydrogen) atoms. The number of hydrogen-bond donors (Lipinski definition) is 0. The van der Waals surface area contributed by atoms with Crippen molar-refractivity contribution in [2.75, 3.05) is 13.6 Å². The minimum absolute atomic E-state index is 0.0129. The number of pyridine rings is 1. The van der Waals surface area contributed by atoms with Gasteiger partial charge in [-0.05, 0) is 31.6 Å². The highest BCUT2D eigenvalue weighted by Crippen LogP contribution is 2.42. The number of likely N-dealkylation sites (tertiary alicyclic amines) is 1. The van der Waals surface area contributed by atoms with Gasteiger partial charge >= 0.3 is 0 Å². The fourth-order valence-corrected chi connectivity index (χ4v) is 4.68. The number of aromatic nitrogens is 3. The number of imidazole rings is 1. The van der Waals surface area contributed by atoms with Gasteiger partial charge in [0.2, 0.25) is 0 Å². The predicted octanol–water partition coefficient (Wildman–Crippen LogP) is 4.08. The molecule has 0 saturated carbocycles. The zero-order valence-electron chi connectivity index (χ0n) is 17.7. The molecule has 2 atom stereocenters. The average Bonchev–Trinajstić information content (AvgIpc) is 3.20. The summed E-state index contributed by atoms with van der Waals surface area (Å²) in [5.41, 5.74) is 0.387. The summed E-state index contributed by atoms with van der Waals surface area (Å²) in [5, 5.41) is 10.9. The first-order valence-corrected chi connectivity index (χ1v) is 12.5. The minimum atomic E-state index is -1.95. The fourth-order valence-electron chi connectivity index (χ4n) is 3.32. The second-order valence-electron chi connectivity index (χ2n) is 9.09. The number of nitro groups is 1. The third-order valence-corrected chi connectivity index (χ3v) is 10.5. The number of hydrogen-bond acceptors (Lipinski definition) is 6. The van der Waals surface area contributed by atoms with E-state index in [1.165, 1.54) is 10.9 Å². The summed E-state index contributed by atoms with van der Waals surface area (Å²) in [7, 11) is 0.0763. The predicted molar refractivity (Wildman–Crippen MR) is 110 cm³/mol. The lowest BCUT2D eigenvalue weighted by Gasteiger charge is -2.40. The molecule has 2 aromatic heterocycles. The molecule has 1 aliphatic heterocycles. The maximum absolute atomic E-state index is 14.3. The first kappa shape index (κ1) is 21.5. The highest BCUT2D eigenvalue weighted by atomic mass is 28.4. The molecular weight excluding hydrogens is 393 g/mol. The molecule has 3 rings (SSSR count). The summed E-state index contributed by atoms with van der Waals surface area (Å²) in [4.78, 5) is 20.7. The summed E-state index contributed by atoms with van der Waals surface area (Å²) in [6, 6.07) is 0.832. The Hall–Kier alpha value is -2.17. The SMILES string of the molecule is CN1CCC(O[Si](C)(C)C(C)(C)C)C1c1cn(-c2ncc([N+](=O)[O-])cc2F)cn1. The van der Waals surface area contributed by atoms with Crippen molar-refractivity contribution in [3.8, 4) is 5.82 Å². The van der Waals surface area contributed by atoms with E-state index in [4.69, 9.17) is 4.43 Å². The largest absolute Gasteiger partial charge is 0.412 e.